The van der Waals surface area contributed by atoms with Crippen molar-refractivity contribution < 1.29 is 23.9 Å². The highest BCUT2D eigenvalue weighted by Crippen LogP contribution is 2.07. The Kier molecular flexibility index (Phi) is 6.71. The van der Waals surface area contributed by atoms with Crippen LogP contribution in [0.15, 0.2) is 30.3 Å². The van der Waals surface area contributed by atoms with E-state index in [1.54, 1.807) is 42.2 Å². The van der Waals surface area contributed by atoms with E-state index in [4.69, 9.17) is 4.74 Å². The summed E-state index contributed by atoms with van der Waals surface area (Å²) in [6.45, 7) is 3.79. The van der Waals surface area contributed by atoms with E-state index in [-0.39, 0.29) is 11.8 Å². The molecule has 2 amide bonds. The number of hydrogen-bond donors (Lipinski definition) is 1. The SMILES string of the molecule is COC(=O)c1ccc(/C=C\C(=O)N[C@@H](C)C(=O)N2CCOCC2)cc1. The van der Waals surface area contributed by atoms with Crippen molar-refractivity contribution in [3.05, 3.63) is 41.5 Å². The van der Waals surface area contributed by atoms with Crippen LogP contribution in [-0.2, 0) is 19.1 Å². The lowest BCUT2D eigenvalue weighted by Crippen LogP contribution is -2.50. The molecule has 1 aliphatic heterocycles. The second-order valence-electron chi connectivity index (χ2n) is 5.61. The van der Waals surface area contributed by atoms with E-state index in [9.17, 15) is 14.4 Å². The first-order valence-electron chi connectivity index (χ1n) is 8.04. The standard InChI is InChI=1S/C18H22N2O5/c1-13(17(22)20-9-11-25-12-10-20)19-16(21)8-5-14-3-6-15(7-4-14)18(23)24-2/h3-8,13H,9-12H2,1-2H3,(H,19,21)/b8-5-/t13-/m0/s1. The Morgan fingerprint density at radius 2 is 1.84 bits per heavy atom. The predicted octanol–water partition coefficient (Wildman–Crippen LogP) is 0.850. The number of amides is 2. The molecule has 134 valence electrons. The number of carbonyl (C=O) groups is 3. The molecule has 1 saturated heterocycles. The van der Waals surface area contributed by atoms with Crippen LogP contribution >= 0.6 is 0 Å². The van der Waals surface area contributed by atoms with Gasteiger partial charge in [0.2, 0.25) is 11.8 Å². The van der Waals surface area contributed by atoms with Gasteiger partial charge in [-0.3, -0.25) is 9.59 Å². The van der Waals surface area contributed by atoms with Gasteiger partial charge in [0.1, 0.15) is 6.04 Å². The fraction of sp³-hybridized carbons (Fsp3) is 0.389. The van der Waals surface area contributed by atoms with Crippen molar-refractivity contribution in [2.45, 2.75) is 13.0 Å². The number of benzene rings is 1. The maximum Gasteiger partial charge on any atom is 0.337 e. The lowest BCUT2D eigenvalue weighted by atomic mass is 10.1. The van der Waals surface area contributed by atoms with Gasteiger partial charge in [-0.25, -0.2) is 4.79 Å². The van der Waals surface area contributed by atoms with Crippen molar-refractivity contribution in [2.75, 3.05) is 33.4 Å². The van der Waals surface area contributed by atoms with Crippen LogP contribution in [0, 0.1) is 0 Å². The number of rotatable bonds is 5. The number of esters is 1. The Morgan fingerprint density at radius 1 is 1.20 bits per heavy atom. The molecule has 0 aliphatic carbocycles. The van der Waals surface area contributed by atoms with Crippen molar-refractivity contribution >= 4 is 23.9 Å². The highest BCUT2D eigenvalue weighted by Gasteiger charge is 2.22. The fourth-order valence-corrected chi connectivity index (χ4v) is 2.40. The van der Waals surface area contributed by atoms with Gasteiger partial charge < -0.3 is 19.7 Å². The topological polar surface area (TPSA) is 84.9 Å². The van der Waals surface area contributed by atoms with Crippen LogP contribution in [0.2, 0.25) is 0 Å². The van der Waals surface area contributed by atoms with E-state index in [1.807, 2.05) is 0 Å². The van der Waals surface area contributed by atoms with Crippen LogP contribution in [0.4, 0.5) is 0 Å². The maximum atomic E-state index is 12.2. The van der Waals surface area contributed by atoms with E-state index in [1.165, 1.54) is 13.2 Å². The van der Waals surface area contributed by atoms with Crippen molar-refractivity contribution in [3.63, 3.8) is 0 Å². The van der Waals surface area contributed by atoms with Gasteiger partial charge in [-0.05, 0) is 30.7 Å². The fourth-order valence-electron chi connectivity index (χ4n) is 2.40. The second-order valence-corrected chi connectivity index (χ2v) is 5.61. The molecule has 1 aliphatic rings. The van der Waals surface area contributed by atoms with E-state index >= 15 is 0 Å². The molecule has 0 spiro atoms. The number of nitrogens with one attached hydrogen (secondary N) is 1. The van der Waals surface area contributed by atoms with Crippen molar-refractivity contribution in [3.8, 4) is 0 Å². The van der Waals surface area contributed by atoms with Crippen LogP contribution in [0.3, 0.4) is 0 Å². The molecule has 0 aromatic heterocycles. The largest absolute Gasteiger partial charge is 0.465 e. The molecule has 1 aromatic rings. The maximum absolute atomic E-state index is 12.2. The van der Waals surface area contributed by atoms with Crippen LogP contribution in [-0.4, -0.2) is 62.1 Å². The lowest BCUT2D eigenvalue weighted by molar-refractivity contribution is -0.138. The van der Waals surface area contributed by atoms with E-state index in [2.05, 4.69) is 10.1 Å². The molecule has 1 aromatic carbocycles. The van der Waals surface area contributed by atoms with Crippen LogP contribution < -0.4 is 5.32 Å². The highest BCUT2D eigenvalue weighted by atomic mass is 16.5. The Labute approximate surface area is 146 Å². The third kappa shape index (κ3) is 5.42. The summed E-state index contributed by atoms with van der Waals surface area (Å²) >= 11 is 0. The molecule has 2 rings (SSSR count). The summed E-state index contributed by atoms with van der Waals surface area (Å²) in [5.74, 6) is -0.887. The molecule has 0 saturated carbocycles. The highest BCUT2D eigenvalue weighted by molar-refractivity contribution is 5.95. The summed E-state index contributed by atoms with van der Waals surface area (Å²) in [4.78, 5) is 37.2. The molecule has 1 atom stereocenters. The molecule has 25 heavy (non-hydrogen) atoms. The molecule has 0 unspecified atom stereocenters. The van der Waals surface area contributed by atoms with E-state index in [0.717, 1.165) is 5.56 Å². The Hall–Kier alpha value is -2.67. The molecule has 7 heteroatoms. The van der Waals surface area contributed by atoms with Gasteiger partial charge in [-0.2, -0.15) is 0 Å². The first-order chi connectivity index (χ1) is 12.0. The number of methoxy groups -OCH3 is 1. The molecule has 1 fully saturated rings. The van der Waals surface area contributed by atoms with Gasteiger partial charge >= 0.3 is 5.97 Å². The number of morpholine rings is 1. The van der Waals surface area contributed by atoms with Crippen molar-refractivity contribution in [1.29, 1.82) is 0 Å². The van der Waals surface area contributed by atoms with E-state index < -0.39 is 12.0 Å². The first-order valence-corrected chi connectivity index (χ1v) is 8.04. The number of carbonyl (C=O) groups excluding carboxylic acids is 3. The summed E-state index contributed by atoms with van der Waals surface area (Å²) in [6.07, 6.45) is 2.97. The van der Waals surface area contributed by atoms with Gasteiger partial charge in [0.15, 0.2) is 0 Å². The van der Waals surface area contributed by atoms with Crippen LogP contribution in [0.25, 0.3) is 6.08 Å². The van der Waals surface area contributed by atoms with Gasteiger partial charge in [-0.1, -0.05) is 12.1 Å². The molecule has 0 bridgehead atoms. The molecular formula is C18H22N2O5. The normalized spacial score (nSPS) is 15.7. The van der Waals surface area contributed by atoms with Gasteiger partial charge in [0, 0.05) is 19.2 Å². The Bertz CT molecular complexity index is 648. The number of hydrogen-bond acceptors (Lipinski definition) is 5. The van der Waals surface area contributed by atoms with Crippen molar-refractivity contribution in [1.82, 2.24) is 10.2 Å². The lowest BCUT2D eigenvalue weighted by Gasteiger charge is -2.29. The number of ether oxygens (including phenoxy) is 2. The molecule has 7 nitrogen and oxygen atoms in total. The van der Waals surface area contributed by atoms with Gasteiger partial charge in [0.25, 0.3) is 0 Å². The molecular weight excluding hydrogens is 324 g/mol. The Morgan fingerprint density at radius 3 is 2.44 bits per heavy atom. The van der Waals surface area contributed by atoms with Gasteiger partial charge in [-0.15, -0.1) is 0 Å². The quantitative estimate of drug-likeness (QED) is 0.631. The Balaban J connectivity index is 1.87. The monoisotopic (exact) mass is 346 g/mol. The summed E-state index contributed by atoms with van der Waals surface area (Å²) < 4.78 is 9.83. The summed E-state index contributed by atoms with van der Waals surface area (Å²) in [6, 6.07) is 6.05. The van der Waals surface area contributed by atoms with E-state index in [0.29, 0.717) is 31.9 Å². The second kappa shape index (κ2) is 8.98. The summed E-state index contributed by atoms with van der Waals surface area (Å²) in [5.41, 5.74) is 1.20. The average molecular weight is 346 g/mol. The smallest absolute Gasteiger partial charge is 0.337 e. The summed E-state index contributed by atoms with van der Waals surface area (Å²) in [5, 5.41) is 2.65. The van der Waals surface area contributed by atoms with Gasteiger partial charge in [0.05, 0.1) is 25.9 Å². The zero-order valence-electron chi connectivity index (χ0n) is 14.4. The molecule has 0 radical (unpaired) electrons. The molecule has 1 N–H and O–H groups in total. The van der Waals surface area contributed by atoms with Crippen LogP contribution in [0.1, 0.15) is 22.8 Å². The summed E-state index contributed by atoms with van der Waals surface area (Å²) in [7, 11) is 1.32. The first kappa shape index (κ1) is 18.7. The number of nitrogens with zero attached hydrogens (tertiary/aromatic N) is 1. The molecule has 1 heterocycles. The van der Waals surface area contributed by atoms with Crippen molar-refractivity contribution in [2.24, 2.45) is 0 Å². The minimum Gasteiger partial charge on any atom is -0.465 e. The minimum absolute atomic E-state index is 0.118. The minimum atomic E-state index is -0.600. The van der Waals surface area contributed by atoms with Crippen LogP contribution in [0.5, 0.6) is 0 Å². The average Bonchev–Trinajstić information content (AvgIpc) is 2.66. The zero-order valence-corrected chi connectivity index (χ0v) is 14.4. The zero-order chi connectivity index (χ0) is 18.2. The third-order valence-electron chi connectivity index (χ3n) is 3.81. The predicted molar refractivity (Wildman–Crippen MR) is 91.8 cm³/mol. The third-order valence-corrected chi connectivity index (χ3v) is 3.81.